The number of hydrogen-bond acceptors (Lipinski definition) is 5. The Morgan fingerprint density at radius 2 is 1.91 bits per heavy atom. The minimum atomic E-state index is -4.37. The maximum atomic E-state index is 12.8. The zero-order chi connectivity index (χ0) is 23.8. The number of carboxylic acids is 1. The Morgan fingerprint density at radius 1 is 1.18 bits per heavy atom. The molecule has 0 amide bonds. The number of aryl methyl sites for hydroxylation is 2. The van der Waals surface area contributed by atoms with Crippen molar-refractivity contribution in [3.05, 3.63) is 81.4 Å². The Bertz CT molecular complexity index is 1260. The number of allylic oxidation sites excluding steroid dienone is 1. The third-order valence-electron chi connectivity index (χ3n) is 5.30. The number of aromatic nitrogens is 1. The number of halogens is 3. The van der Waals surface area contributed by atoms with Gasteiger partial charge in [0.1, 0.15) is 5.01 Å². The second-order valence-electron chi connectivity index (χ2n) is 7.55. The number of benzene rings is 2. The minimum Gasteiger partial charge on any atom is -0.478 e. The molecule has 9 heteroatoms. The van der Waals surface area contributed by atoms with Gasteiger partial charge in [-0.15, -0.1) is 23.1 Å². The van der Waals surface area contributed by atoms with Gasteiger partial charge in [0.15, 0.2) is 5.78 Å². The molecule has 1 aliphatic rings. The predicted octanol–water partition coefficient (Wildman–Crippen LogP) is 6.57. The molecular formula is C24H18F3NO3S2. The van der Waals surface area contributed by atoms with Crippen LogP contribution in [0, 0.1) is 6.92 Å². The summed E-state index contributed by atoms with van der Waals surface area (Å²) in [7, 11) is 0. The molecular weight excluding hydrogens is 471 g/mol. The normalized spacial score (nSPS) is 15.0. The molecule has 0 fully saturated rings. The first-order valence-corrected chi connectivity index (χ1v) is 11.8. The molecule has 0 unspecified atom stereocenters. The summed E-state index contributed by atoms with van der Waals surface area (Å²) in [5.41, 5.74) is 2.54. The van der Waals surface area contributed by atoms with Gasteiger partial charge in [0.05, 0.1) is 11.3 Å². The van der Waals surface area contributed by atoms with Crippen LogP contribution in [0.25, 0.3) is 10.6 Å². The molecule has 1 heterocycles. The number of nitrogens with zero attached hydrogens (tertiary/aromatic N) is 1. The fourth-order valence-electron chi connectivity index (χ4n) is 3.57. The third-order valence-corrected chi connectivity index (χ3v) is 7.71. The number of carbonyl (C=O) groups is 2. The molecule has 4 nitrogen and oxygen atoms in total. The lowest BCUT2D eigenvalue weighted by atomic mass is 9.87. The van der Waals surface area contributed by atoms with E-state index >= 15 is 0 Å². The summed E-state index contributed by atoms with van der Waals surface area (Å²) in [5, 5.41) is 9.59. The molecule has 0 spiro atoms. The summed E-state index contributed by atoms with van der Waals surface area (Å²) in [6.45, 7) is 1.88. The van der Waals surface area contributed by atoms with E-state index in [1.54, 1.807) is 17.8 Å². The summed E-state index contributed by atoms with van der Waals surface area (Å²) in [5.74, 6) is -0.722. The summed E-state index contributed by atoms with van der Waals surface area (Å²) in [4.78, 5) is 29.9. The second kappa shape index (κ2) is 9.15. The number of aliphatic carboxylic acids is 1. The van der Waals surface area contributed by atoms with E-state index in [0.717, 1.165) is 39.2 Å². The number of fused-ring (bicyclic) bond motifs is 1. The van der Waals surface area contributed by atoms with E-state index < -0.39 is 17.7 Å². The first-order chi connectivity index (χ1) is 15.6. The molecule has 2 aromatic carbocycles. The van der Waals surface area contributed by atoms with Crippen molar-refractivity contribution in [1.82, 2.24) is 4.98 Å². The van der Waals surface area contributed by atoms with Gasteiger partial charge in [-0.25, -0.2) is 9.78 Å². The average molecular weight is 490 g/mol. The number of hydrogen-bond donors (Lipinski definition) is 1. The standard InChI is InChI=1S/C24H18F3NO3S2/c1-13-20(33-23(28-13)14-4-6-17(7-5-14)24(25,26)27)12-32-18-8-9-19-15(10-18)2-3-16(22(19)31)11-21(29)30/h4-11H,2-3,12H2,1H3,(H,29,30)/b16-11+. The van der Waals surface area contributed by atoms with Crippen LogP contribution in [0.4, 0.5) is 13.2 Å². The van der Waals surface area contributed by atoms with E-state index in [9.17, 15) is 22.8 Å². The smallest absolute Gasteiger partial charge is 0.416 e. The van der Waals surface area contributed by atoms with Gasteiger partial charge >= 0.3 is 12.1 Å². The van der Waals surface area contributed by atoms with Crippen LogP contribution in [0.1, 0.15) is 38.5 Å². The van der Waals surface area contributed by atoms with Crippen LogP contribution in [-0.4, -0.2) is 21.8 Å². The number of rotatable bonds is 5. The van der Waals surface area contributed by atoms with Crippen LogP contribution in [-0.2, 0) is 23.1 Å². The van der Waals surface area contributed by atoms with Crippen LogP contribution >= 0.6 is 23.1 Å². The van der Waals surface area contributed by atoms with Gasteiger partial charge in [-0.1, -0.05) is 12.1 Å². The molecule has 170 valence electrons. The second-order valence-corrected chi connectivity index (χ2v) is 9.68. The monoisotopic (exact) mass is 489 g/mol. The lowest BCUT2D eigenvalue weighted by Crippen LogP contribution is -2.15. The number of alkyl halides is 3. The van der Waals surface area contributed by atoms with E-state index in [2.05, 4.69) is 4.98 Å². The van der Waals surface area contributed by atoms with Crippen molar-refractivity contribution in [3.63, 3.8) is 0 Å². The van der Waals surface area contributed by atoms with Gasteiger partial charge in [-0.05, 0) is 55.7 Å². The fraction of sp³-hybridized carbons (Fsp3) is 0.208. The number of thioether (sulfide) groups is 1. The molecule has 0 bridgehead atoms. The predicted molar refractivity (Wildman–Crippen MR) is 122 cm³/mol. The van der Waals surface area contributed by atoms with Crippen LogP contribution in [0.5, 0.6) is 0 Å². The highest BCUT2D eigenvalue weighted by Crippen LogP contribution is 2.36. The molecule has 1 aromatic heterocycles. The van der Waals surface area contributed by atoms with Crippen molar-refractivity contribution in [2.75, 3.05) is 0 Å². The van der Waals surface area contributed by atoms with Crippen molar-refractivity contribution in [2.24, 2.45) is 0 Å². The van der Waals surface area contributed by atoms with Crippen molar-refractivity contribution in [3.8, 4) is 10.6 Å². The van der Waals surface area contributed by atoms with Gasteiger partial charge in [0.25, 0.3) is 0 Å². The number of carbonyl (C=O) groups excluding carboxylic acids is 1. The van der Waals surface area contributed by atoms with Gasteiger partial charge in [0.2, 0.25) is 0 Å². The Kier molecular flexibility index (Phi) is 6.45. The zero-order valence-electron chi connectivity index (χ0n) is 17.4. The Labute approximate surface area is 196 Å². The number of Topliss-reactive ketones (excluding diaryl/α,β-unsaturated/α-hetero) is 1. The molecule has 0 saturated heterocycles. The molecule has 3 aromatic rings. The maximum Gasteiger partial charge on any atom is 0.416 e. The molecule has 0 aliphatic heterocycles. The Balaban J connectivity index is 1.47. The van der Waals surface area contributed by atoms with Crippen molar-refractivity contribution in [2.45, 2.75) is 36.6 Å². The van der Waals surface area contributed by atoms with Crippen molar-refractivity contribution >= 4 is 34.9 Å². The van der Waals surface area contributed by atoms with Crippen LogP contribution in [0.3, 0.4) is 0 Å². The first-order valence-electron chi connectivity index (χ1n) is 9.99. The van der Waals surface area contributed by atoms with Crippen molar-refractivity contribution in [1.29, 1.82) is 0 Å². The van der Waals surface area contributed by atoms with Crippen LogP contribution < -0.4 is 0 Å². The highest BCUT2D eigenvalue weighted by Gasteiger charge is 2.30. The average Bonchev–Trinajstić information content (AvgIpc) is 3.14. The lowest BCUT2D eigenvalue weighted by molar-refractivity contribution is -0.137. The summed E-state index contributed by atoms with van der Waals surface area (Å²) >= 11 is 3.04. The SMILES string of the molecule is Cc1nc(-c2ccc(C(F)(F)F)cc2)sc1CSc1ccc2c(c1)CC/C(=C\C(=O)O)C2=O. The Morgan fingerprint density at radius 3 is 2.58 bits per heavy atom. The van der Waals surface area contributed by atoms with Crippen LogP contribution in [0.2, 0.25) is 0 Å². The van der Waals surface area contributed by atoms with Crippen LogP contribution in [0.15, 0.2) is 59.0 Å². The highest BCUT2D eigenvalue weighted by atomic mass is 32.2. The lowest BCUT2D eigenvalue weighted by Gasteiger charge is -2.18. The van der Waals surface area contributed by atoms with E-state index in [1.807, 2.05) is 19.1 Å². The molecule has 1 N–H and O–H groups in total. The van der Waals surface area contributed by atoms with Gasteiger partial charge in [0, 0.05) is 38.3 Å². The summed E-state index contributed by atoms with van der Waals surface area (Å²) < 4.78 is 38.4. The topological polar surface area (TPSA) is 67.3 Å². The van der Waals surface area contributed by atoms with Gasteiger partial charge in [-0.2, -0.15) is 13.2 Å². The maximum absolute atomic E-state index is 12.8. The summed E-state index contributed by atoms with van der Waals surface area (Å²) in [6.07, 6.45) is -2.38. The van der Waals surface area contributed by atoms with Gasteiger partial charge in [-0.3, -0.25) is 4.79 Å². The molecule has 0 atom stereocenters. The fourth-order valence-corrected chi connectivity index (χ4v) is 5.74. The molecule has 0 saturated carbocycles. The van der Waals surface area contributed by atoms with E-state index in [-0.39, 0.29) is 5.78 Å². The van der Waals surface area contributed by atoms with Gasteiger partial charge < -0.3 is 5.11 Å². The summed E-state index contributed by atoms with van der Waals surface area (Å²) in [6, 6.07) is 10.5. The largest absolute Gasteiger partial charge is 0.478 e. The van der Waals surface area contributed by atoms with E-state index in [4.69, 9.17) is 5.11 Å². The number of ketones is 1. The molecule has 1 aliphatic carbocycles. The minimum absolute atomic E-state index is 0.241. The highest BCUT2D eigenvalue weighted by molar-refractivity contribution is 7.98. The third kappa shape index (κ3) is 5.20. The number of carboxylic acid groups (broad SMARTS) is 1. The van der Waals surface area contributed by atoms with E-state index in [1.165, 1.54) is 23.5 Å². The molecule has 4 rings (SSSR count). The molecule has 33 heavy (non-hydrogen) atoms. The molecule has 0 radical (unpaired) electrons. The first kappa shape index (κ1) is 23.3. The quantitative estimate of drug-likeness (QED) is 0.324. The zero-order valence-corrected chi connectivity index (χ0v) is 19.0. The van der Waals surface area contributed by atoms with E-state index in [0.29, 0.717) is 40.3 Å². The number of thiazole rings is 1. The van der Waals surface area contributed by atoms with Crippen molar-refractivity contribution < 1.29 is 27.9 Å². The Hall–Kier alpha value is -2.91.